The van der Waals surface area contributed by atoms with Gasteiger partial charge in [-0.05, 0) is 62.3 Å². The van der Waals surface area contributed by atoms with Gasteiger partial charge in [0.05, 0.1) is 12.7 Å². The van der Waals surface area contributed by atoms with Crippen LogP contribution in [0.3, 0.4) is 0 Å². The molecule has 0 aliphatic carbocycles. The number of nitrogens with zero attached hydrogens (tertiary/aromatic N) is 2. The SMILES string of the molecule is COC(=O)c1c(S(=O)(=O)N2CCCC2)sc2c1CCN(C(C)CCc1ccc(O)cc1)C2. The van der Waals surface area contributed by atoms with E-state index in [0.29, 0.717) is 32.1 Å². The Labute approximate surface area is 193 Å². The molecule has 7 nitrogen and oxygen atoms in total. The van der Waals surface area contributed by atoms with Gasteiger partial charge in [-0.3, -0.25) is 4.90 Å². The summed E-state index contributed by atoms with van der Waals surface area (Å²) in [4.78, 5) is 15.9. The van der Waals surface area contributed by atoms with Crippen LogP contribution < -0.4 is 0 Å². The monoisotopic (exact) mass is 478 g/mol. The van der Waals surface area contributed by atoms with Crippen molar-refractivity contribution in [3.05, 3.63) is 45.8 Å². The Morgan fingerprint density at radius 1 is 1.19 bits per heavy atom. The Bertz CT molecular complexity index is 1070. The highest BCUT2D eigenvalue weighted by atomic mass is 32.2. The highest BCUT2D eigenvalue weighted by molar-refractivity contribution is 7.91. The van der Waals surface area contributed by atoms with Crippen LogP contribution in [-0.2, 0) is 34.1 Å². The summed E-state index contributed by atoms with van der Waals surface area (Å²) in [6.07, 6.45) is 4.19. The van der Waals surface area contributed by atoms with Gasteiger partial charge in [-0.25, -0.2) is 13.2 Å². The molecule has 0 bridgehead atoms. The fourth-order valence-electron chi connectivity index (χ4n) is 4.53. The van der Waals surface area contributed by atoms with E-state index in [1.807, 2.05) is 12.1 Å². The van der Waals surface area contributed by atoms with E-state index in [9.17, 15) is 18.3 Å². The van der Waals surface area contributed by atoms with Crippen molar-refractivity contribution < 1.29 is 23.1 Å². The minimum absolute atomic E-state index is 0.148. The zero-order chi connectivity index (χ0) is 22.9. The van der Waals surface area contributed by atoms with Gasteiger partial charge >= 0.3 is 5.97 Å². The number of carbonyl (C=O) groups excluding carboxylic acids is 1. The number of benzene rings is 1. The van der Waals surface area contributed by atoms with Crippen LogP contribution in [0.25, 0.3) is 0 Å². The molecule has 1 aromatic carbocycles. The lowest BCUT2D eigenvalue weighted by Gasteiger charge is -2.32. The lowest BCUT2D eigenvalue weighted by atomic mass is 10.00. The van der Waals surface area contributed by atoms with Crippen LogP contribution in [0.1, 0.15) is 52.5 Å². The highest BCUT2D eigenvalue weighted by Gasteiger charge is 2.38. The number of thiophene rings is 1. The van der Waals surface area contributed by atoms with Crippen molar-refractivity contribution in [1.29, 1.82) is 0 Å². The topological polar surface area (TPSA) is 87.2 Å². The minimum Gasteiger partial charge on any atom is -0.508 e. The third-order valence-corrected chi connectivity index (χ3v) is 10.1. The standard InChI is InChI=1S/C23H30N2O5S2/c1-16(5-6-17-7-9-18(26)10-8-17)24-14-11-19-20(15-24)31-23(21(19)22(27)30-2)32(28,29)25-12-3-4-13-25/h7-10,16,26H,3-6,11-15H2,1-2H3. The number of sulfonamides is 1. The Morgan fingerprint density at radius 2 is 1.88 bits per heavy atom. The molecule has 4 rings (SSSR count). The maximum atomic E-state index is 13.3. The smallest absolute Gasteiger partial charge is 0.340 e. The number of hydrogen-bond acceptors (Lipinski definition) is 7. The van der Waals surface area contributed by atoms with E-state index in [-0.39, 0.29) is 15.5 Å². The molecule has 2 aromatic rings. The summed E-state index contributed by atoms with van der Waals surface area (Å²) in [6.45, 7) is 4.60. The predicted octanol–water partition coefficient (Wildman–Crippen LogP) is 3.40. The van der Waals surface area contributed by atoms with E-state index in [0.717, 1.165) is 42.7 Å². The van der Waals surface area contributed by atoms with E-state index >= 15 is 0 Å². The fraction of sp³-hybridized carbons (Fsp3) is 0.522. The van der Waals surface area contributed by atoms with Gasteiger partial charge in [-0.1, -0.05) is 12.1 Å². The van der Waals surface area contributed by atoms with Crippen molar-refractivity contribution in [2.75, 3.05) is 26.7 Å². The molecular formula is C23H30N2O5S2. The molecule has 1 atom stereocenters. The number of phenols is 1. The minimum atomic E-state index is -3.69. The quantitative estimate of drug-likeness (QED) is 0.614. The second kappa shape index (κ2) is 9.51. The molecule has 32 heavy (non-hydrogen) atoms. The number of esters is 1. The van der Waals surface area contributed by atoms with Crippen LogP contribution in [0.5, 0.6) is 5.75 Å². The average Bonchev–Trinajstić information content (AvgIpc) is 3.46. The lowest BCUT2D eigenvalue weighted by Crippen LogP contribution is -2.37. The van der Waals surface area contributed by atoms with Gasteiger partial charge in [0.1, 0.15) is 9.96 Å². The molecular weight excluding hydrogens is 448 g/mol. The molecule has 3 heterocycles. The number of ether oxygens (including phenoxy) is 1. The molecule has 0 amide bonds. The Morgan fingerprint density at radius 3 is 2.53 bits per heavy atom. The Balaban J connectivity index is 1.54. The van der Waals surface area contributed by atoms with Crippen LogP contribution >= 0.6 is 11.3 Å². The first-order chi connectivity index (χ1) is 15.3. The van der Waals surface area contributed by atoms with E-state index in [4.69, 9.17) is 4.74 Å². The second-order valence-corrected chi connectivity index (χ2v) is 11.8. The van der Waals surface area contributed by atoms with Crippen molar-refractivity contribution in [2.24, 2.45) is 0 Å². The Hall–Kier alpha value is -1.94. The summed E-state index contributed by atoms with van der Waals surface area (Å²) in [5.41, 5.74) is 2.26. The van der Waals surface area contributed by atoms with E-state index < -0.39 is 16.0 Å². The normalized spacial score (nSPS) is 18.4. The zero-order valence-electron chi connectivity index (χ0n) is 18.5. The van der Waals surface area contributed by atoms with Crippen LogP contribution in [0.15, 0.2) is 28.5 Å². The Kier molecular flexibility index (Phi) is 6.90. The molecule has 1 fully saturated rings. The van der Waals surface area contributed by atoms with Crippen molar-refractivity contribution in [2.45, 2.75) is 55.8 Å². The molecule has 2 aliphatic rings. The molecule has 0 saturated carbocycles. The predicted molar refractivity (Wildman–Crippen MR) is 124 cm³/mol. The third-order valence-electron chi connectivity index (χ3n) is 6.49. The first-order valence-corrected chi connectivity index (χ1v) is 13.3. The molecule has 9 heteroatoms. The molecule has 0 radical (unpaired) electrons. The molecule has 1 unspecified atom stereocenters. The summed E-state index contributed by atoms with van der Waals surface area (Å²) in [7, 11) is -2.39. The lowest BCUT2D eigenvalue weighted by molar-refractivity contribution is 0.0595. The van der Waals surface area contributed by atoms with Crippen molar-refractivity contribution in [3.63, 3.8) is 0 Å². The maximum Gasteiger partial charge on any atom is 0.340 e. The van der Waals surface area contributed by atoms with E-state index in [2.05, 4.69) is 11.8 Å². The molecule has 1 N–H and O–H groups in total. The van der Waals surface area contributed by atoms with Gasteiger partial charge in [0.25, 0.3) is 10.0 Å². The largest absolute Gasteiger partial charge is 0.508 e. The third kappa shape index (κ3) is 4.57. The number of aryl methyl sites for hydroxylation is 1. The summed E-state index contributed by atoms with van der Waals surface area (Å²) < 4.78 is 33.2. The van der Waals surface area contributed by atoms with Gasteiger partial charge in [-0.2, -0.15) is 4.31 Å². The number of methoxy groups -OCH3 is 1. The van der Waals surface area contributed by atoms with Gasteiger partial charge < -0.3 is 9.84 Å². The van der Waals surface area contributed by atoms with Gasteiger partial charge in [0, 0.05) is 37.1 Å². The number of rotatable bonds is 7. The molecule has 0 spiro atoms. The number of aromatic hydroxyl groups is 1. The number of hydrogen-bond donors (Lipinski definition) is 1. The van der Waals surface area contributed by atoms with Crippen molar-refractivity contribution >= 4 is 27.3 Å². The molecule has 1 aromatic heterocycles. The molecule has 1 saturated heterocycles. The summed E-state index contributed by atoms with van der Waals surface area (Å²) >= 11 is 1.24. The van der Waals surface area contributed by atoms with Gasteiger partial charge in [0.2, 0.25) is 0 Å². The molecule has 2 aliphatic heterocycles. The van der Waals surface area contributed by atoms with Crippen molar-refractivity contribution in [1.82, 2.24) is 9.21 Å². The summed E-state index contributed by atoms with van der Waals surface area (Å²) in [5, 5.41) is 9.45. The number of fused-ring (bicyclic) bond motifs is 1. The first kappa shape index (κ1) is 23.2. The highest BCUT2D eigenvalue weighted by Crippen LogP contribution is 2.39. The van der Waals surface area contributed by atoms with E-state index in [1.54, 1.807) is 12.1 Å². The maximum absolute atomic E-state index is 13.3. The number of carbonyl (C=O) groups is 1. The fourth-order valence-corrected chi connectivity index (χ4v) is 8.10. The zero-order valence-corrected chi connectivity index (χ0v) is 20.2. The van der Waals surface area contributed by atoms with Crippen LogP contribution in [0.4, 0.5) is 0 Å². The van der Waals surface area contributed by atoms with Gasteiger partial charge in [0.15, 0.2) is 0 Å². The second-order valence-electron chi connectivity index (χ2n) is 8.54. The molecule has 174 valence electrons. The van der Waals surface area contributed by atoms with Crippen LogP contribution in [0.2, 0.25) is 0 Å². The van der Waals surface area contributed by atoms with E-state index in [1.165, 1.54) is 28.3 Å². The summed E-state index contributed by atoms with van der Waals surface area (Å²) in [5.74, 6) is -0.293. The number of phenolic OH excluding ortho intramolecular Hbond substituents is 1. The summed E-state index contributed by atoms with van der Waals surface area (Å²) in [6, 6.07) is 7.59. The van der Waals surface area contributed by atoms with Gasteiger partial charge in [-0.15, -0.1) is 11.3 Å². The van der Waals surface area contributed by atoms with Crippen LogP contribution in [0, 0.1) is 0 Å². The first-order valence-electron chi connectivity index (χ1n) is 11.1. The van der Waals surface area contributed by atoms with Crippen LogP contribution in [-0.4, -0.2) is 61.5 Å². The van der Waals surface area contributed by atoms with Crippen molar-refractivity contribution in [3.8, 4) is 5.75 Å². The average molecular weight is 479 g/mol.